The van der Waals surface area contributed by atoms with E-state index in [1.165, 1.54) is 16.9 Å². The van der Waals surface area contributed by atoms with Gasteiger partial charge >= 0.3 is 0 Å². The number of aromatic nitrogens is 2. The number of anilines is 1. The van der Waals surface area contributed by atoms with Crippen LogP contribution in [0, 0.1) is 6.92 Å². The molecule has 1 aliphatic rings. The molecule has 0 bridgehead atoms. The molecular weight excluding hydrogens is 334 g/mol. The number of thiophene rings is 1. The predicted molar refractivity (Wildman–Crippen MR) is 102 cm³/mol. The maximum absolute atomic E-state index is 13.2. The highest BCUT2D eigenvalue weighted by molar-refractivity contribution is 7.18. The molecule has 0 unspecified atom stereocenters. The highest BCUT2D eigenvalue weighted by Gasteiger charge is 2.22. The van der Waals surface area contributed by atoms with Crippen molar-refractivity contribution in [2.45, 2.75) is 59.0 Å². The van der Waals surface area contributed by atoms with E-state index >= 15 is 0 Å². The maximum atomic E-state index is 13.2. The second-order valence-electron chi connectivity index (χ2n) is 6.96. The van der Waals surface area contributed by atoms with Crippen molar-refractivity contribution < 1.29 is 4.42 Å². The van der Waals surface area contributed by atoms with Gasteiger partial charge in [0.1, 0.15) is 16.4 Å². The highest BCUT2D eigenvalue weighted by Crippen LogP contribution is 2.34. The molecule has 0 fully saturated rings. The molecule has 3 aromatic heterocycles. The molecule has 0 aliphatic heterocycles. The van der Waals surface area contributed by atoms with Gasteiger partial charge in [-0.1, -0.05) is 0 Å². The van der Waals surface area contributed by atoms with Gasteiger partial charge in [-0.15, -0.1) is 11.3 Å². The molecule has 0 saturated heterocycles. The number of fused-ring (bicyclic) bond motifs is 3. The van der Waals surface area contributed by atoms with Crippen LogP contribution in [0.1, 0.15) is 54.7 Å². The molecule has 4 rings (SSSR count). The molecule has 0 aromatic carbocycles. The van der Waals surface area contributed by atoms with Gasteiger partial charge in [-0.25, -0.2) is 4.98 Å². The monoisotopic (exact) mass is 357 g/mol. The molecule has 1 aliphatic carbocycles. The average molecular weight is 357 g/mol. The van der Waals surface area contributed by atoms with Gasteiger partial charge < -0.3 is 9.73 Å². The largest absolute Gasteiger partial charge is 0.465 e. The van der Waals surface area contributed by atoms with Crippen LogP contribution < -0.4 is 10.9 Å². The summed E-state index contributed by atoms with van der Waals surface area (Å²) in [5.74, 6) is 2.35. The zero-order chi connectivity index (χ0) is 17.6. The van der Waals surface area contributed by atoms with Gasteiger partial charge in [-0.05, 0) is 64.2 Å². The maximum Gasteiger partial charge on any atom is 0.264 e. The molecular formula is C19H23N3O2S. The molecule has 132 valence electrons. The zero-order valence-electron chi connectivity index (χ0n) is 14.9. The number of nitrogens with zero attached hydrogens (tertiary/aromatic N) is 2. The Labute approximate surface area is 150 Å². The quantitative estimate of drug-likeness (QED) is 0.750. The second-order valence-corrected chi connectivity index (χ2v) is 8.04. The van der Waals surface area contributed by atoms with E-state index < -0.39 is 0 Å². The van der Waals surface area contributed by atoms with Crippen molar-refractivity contribution in [3.8, 4) is 0 Å². The third-order valence-corrected chi connectivity index (χ3v) is 5.94. The Hall–Kier alpha value is -2.08. The molecule has 0 atom stereocenters. The van der Waals surface area contributed by atoms with E-state index in [0.29, 0.717) is 12.5 Å². The lowest BCUT2D eigenvalue weighted by molar-refractivity contribution is 0.488. The minimum Gasteiger partial charge on any atom is -0.465 e. The Balaban J connectivity index is 1.80. The summed E-state index contributed by atoms with van der Waals surface area (Å²) in [6, 6.07) is 3.93. The summed E-state index contributed by atoms with van der Waals surface area (Å²) in [5.41, 5.74) is 1.32. The number of hydrogen-bond acceptors (Lipinski definition) is 5. The SMILES string of the molecule is Cc1ccc(CNc2nc3sc4c(c3c(=O)n2C(C)C)CCCC4)o1. The van der Waals surface area contributed by atoms with E-state index in [2.05, 4.69) is 5.32 Å². The molecule has 1 N–H and O–H groups in total. The number of rotatable bonds is 4. The van der Waals surface area contributed by atoms with E-state index in [4.69, 9.17) is 9.40 Å². The first-order valence-electron chi connectivity index (χ1n) is 8.90. The van der Waals surface area contributed by atoms with Crippen LogP contribution in [0.15, 0.2) is 21.3 Å². The number of aryl methyl sites for hydroxylation is 3. The first-order chi connectivity index (χ1) is 12.0. The Bertz CT molecular complexity index is 981. The van der Waals surface area contributed by atoms with E-state index in [1.54, 1.807) is 15.9 Å². The molecule has 0 radical (unpaired) electrons. The fourth-order valence-corrected chi connectivity index (χ4v) is 4.82. The smallest absolute Gasteiger partial charge is 0.264 e. The lowest BCUT2D eigenvalue weighted by atomic mass is 9.97. The zero-order valence-corrected chi connectivity index (χ0v) is 15.7. The fourth-order valence-electron chi connectivity index (χ4n) is 3.57. The topological polar surface area (TPSA) is 60.1 Å². The normalized spacial score (nSPS) is 14.2. The van der Waals surface area contributed by atoms with Crippen molar-refractivity contribution in [1.29, 1.82) is 0 Å². The third kappa shape index (κ3) is 2.88. The average Bonchev–Trinajstić information content (AvgIpc) is 3.15. The van der Waals surface area contributed by atoms with Crippen molar-refractivity contribution in [3.05, 3.63) is 44.4 Å². The van der Waals surface area contributed by atoms with Gasteiger partial charge in [-0.2, -0.15) is 0 Å². The van der Waals surface area contributed by atoms with Crippen molar-refractivity contribution in [3.63, 3.8) is 0 Å². The highest BCUT2D eigenvalue weighted by atomic mass is 32.1. The molecule has 5 nitrogen and oxygen atoms in total. The molecule has 0 spiro atoms. The summed E-state index contributed by atoms with van der Waals surface area (Å²) in [4.78, 5) is 20.2. The van der Waals surface area contributed by atoms with Crippen LogP contribution >= 0.6 is 11.3 Å². The van der Waals surface area contributed by atoms with Gasteiger partial charge in [0, 0.05) is 10.9 Å². The predicted octanol–water partition coefficient (Wildman–Crippen LogP) is 4.43. The molecule has 0 saturated carbocycles. The Morgan fingerprint density at radius 2 is 2.12 bits per heavy atom. The van der Waals surface area contributed by atoms with Crippen LogP contribution in [-0.4, -0.2) is 9.55 Å². The second kappa shape index (κ2) is 6.33. The van der Waals surface area contributed by atoms with E-state index in [1.807, 2.05) is 32.9 Å². The van der Waals surface area contributed by atoms with Gasteiger partial charge in [0.05, 0.1) is 11.9 Å². The number of nitrogens with one attached hydrogen (secondary N) is 1. The van der Waals surface area contributed by atoms with Crippen LogP contribution in [-0.2, 0) is 19.4 Å². The van der Waals surface area contributed by atoms with Gasteiger partial charge in [-0.3, -0.25) is 9.36 Å². The van der Waals surface area contributed by atoms with Crippen LogP contribution in [0.5, 0.6) is 0 Å². The molecule has 6 heteroatoms. The minimum atomic E-state index is 0.0457. The Morgan fingerprint density at radius 3 is 2.84 bits per heavy atom. The first kappa shape index (κ1) is 16.4. The van der Waals surface area contributed by atoms with Crippen LogP contribution in [0.3, 0.4) is 0 Å². The van der Waals surface area contributed by atoms with Gasteiger partial charge in [0.15, 0.2) is 0 Å². The van der Waals surface area contributed by atoms with Crippen LogP contribution in [0.2, 0.25) is 0 Å². The van der Waals surface area contributed by atoms with Crippen molar-refractivity contribution >= 4 is 27.5 Å². The summed E-state index contributed by atoms with van der Waals surface area (Å²) < 4.78 is 7.39. The number of furan rings is 1. The minimum absolute atomic E-state index is 0.0457. The third-order valence-electron chi connectivity index (χ3n) is 4.75. The Morgan fingerprint density at radius 1 is 1.32 bits per heavy atom. The number of hydrogen-bond donors (Lipinski definition) is 1. The molecule has 0 amide bonds. The van der Waals surface area contributed by atoms with E-state index in [9.17, 15) is 4.79 Å². The van der Waals surface area contributed by atoms with Crippen molar-refractivity contribution in [1.82, 2.24) is 9.55 Å². The lowest BCUT2D eigenvalue weighted by Crippen LogP contribution is -2.26. The molecule has 25 heavy (non-hydrogen) atoms. The van der Waals surface area contributed by atoms with Gasteiger partial charge in [0.2, 0.25) is 5.95 Å². The standard InChI is InChI=1S/C19H23N3O2S/c1-11(2)22-18(23)16-14-6-4-5-7-15(14)25-17(16)21-19(22)20-10-13-9-8-12(3)24-13/h8-9,11H,4-7,10H2,1-3H3,(H,20,21). The summed E-state index contributed by atoms with van der Waals surface area (Å²) in [5, 5.41) is 4.14. The fraction of sp³-hybridized carbons (Fsp3) is 0.474. The first-order valence-corrected chi connectivity index (χ1v) is 9.72. The van der Waals surface area contributed by atoms with Crippen LogP contribution in [0.4, 0.5) is 5.95 Å². The summed E-state index contributed by atoms with van der Waals surface area (Å²) >= 11 is 1.69. The molecule has 3 heterocycles. The Kier molecular flexibility index (Phi) is 4.15. The van der Waals surface area contributed by atoms with Gasteiger partial charge in [0.25, 0.3) is 5.56 Å². The van der Waals surface area contributed by atoms with E-state index in [-0.39, 0.29) is 11.6 Å². The summed E-state index contributed by atoms with van der Waals surface area (Å²) in [7, 11) is 0. The lowest BCUT2D eigenvalue weighted by Gasteiger charge is -2.17. The summed E-state index contributed by atoms with van der Waals surface area (Å²) in [6.45, 7) is 6.49. The molecule has 3 aromatic rings. The van der Waals surface area contributed by atoms with Crippen LogP contribution in [0.25, 0.3) is 10.2 Å². The summed E-state index contributed by atoms with van der Waals surface area (Å²) in [6.07, 6.45) is 4.45. The van der Waals surface area contributed by atoms with Crippen molar-refractivity contribution in [2.75, 3.05) is 5.32 Å². The van der Waals surface area contributed by atoms with E-state index in [0.717, 1.165) is 41.0 Å². The van der Waals surface area contributed by atoms with Crippen molar-refractivity contribution in [2.24, 2.45) is 0 Å².